The van der Waals surface area contributed by atoms with Crippen LogP contribution in [0.25, 0.3) is 0 Å². The number of hydrogen-bond acceptors (Lipinski definition) is 5. The fourth-order valence-electron chi connectivity index (χ4n) is 0.104. The molecule has 0 radical (unpaired) electrons. The molecule has 0 saturated carbocycles. The van der Waals surface area contributed by atoms with Crippen LogP contribution in [0, 0.1) is 0 Å². The Morgan fingerprint density at radius 3 is 1.88 bits per heavy atom. The summed E-state index contributed by atoms with van der Waals surface area (Å²) >= 11 is 6.40. The van der Waals surface area contributed by atoms with E-state index in [4.69, 9.17) is 0 Å². The molecule has 7 heteroatoms. The predicted octanol–water partition coefficient (Wildman–Crippen LogP) is -0.162. The molecule has 0 aliphatic carbocycles. The molecule has 0 bridgehead atoms. The Balaban J connectivity index is 3.06. The van der Waals surface area contributed by atoms with E-state index in [0.717, 1.165) is 0 Å². The van der Waals surface area contributed by atoms with Crippen LogP contribution in [0.4, 0.5) is 4.79 Å². The zero-order valence-corrected chi connectivity index (χ0v) is 5.41. The first kappa shape index (κ1) is 7.89. The Morgan fingerprint density at radius 1 is 1.25 bits per heavy atom. The van der Waals surface area contributed by atoms with Crippen molar-refractivity contribution in [1.29, 1.82) is 0 Å². The van der Waals surface area contributed by atoms with Crippen molar-refractivity contribution < 1.29 is 13.4 Å². The van der Waals surface area contributed by atoms with E-state index in [9.17, 15) is 4.79 Å². The number of nitrogens with one attached hydrogen (secondary N) is 2. The molecule has 0 unspecified atom stereocenters. The largest absolute Gasteiger partial charge is 0.364 e. The molecule has 0 spiro atoms. The van der Waals surface area contributed by atoms with Crippen LogP contribution in [-0.4, -0.2) is 6.03 Å². The quantitative estimate of drug-likeness (QED) is 0.255. The van der Waals surface area contributed by atoms with Gasteiger partial charge >= 0.3 is 6.03 Å². The van der Waals surface area contributed by atoms with Crippen LogP contribution in [0.1, 0.15) is 0 Å². The number of rotatable bonds is 2. The highest BCUT2D eigenvalue weighted by molar-refractivity contribution is 7.75. The number of thiol groups is 2. The van der Waals surface area contributed by atoms with Crippen LogP contribution >= 0.6 is 25.8 Å². The summed E-state index contributed by atoms with van der Waals surface area (Å²) in [4.78, 5) is 10.1. The number of urea groups is 1. The van der Waals surface area contributed by atoms with Gasteiger partial charge in [-0.2, -0.15) is 0 Å². The van der Waals surface area contributed by atoms with Crippen molar-refractivity contribution in [1.82, 2.24) is 11.0 Å². The average Bonchev–Trinajstić information content (AvgIpc) is 1.68. The van der Waals surface area contributed by atoms with E-state index in [1.807, 2.05) is 0 Å². The van der Waals surface area contributed by atoms with Crippen LogP contribution in [0.2, 0.25) is 0 Å². The Morgan fingerprint density at radius 2 is 1.62 bits per heavy atom. The van der Waals surface area contributed by atoms with Gasteiger partial charge in [-0.15, -0.1) is 0 Å². The summed E-state index contributed by atoms with van der Waals surface area (Å²) in [5, 5.41) is 0. The van der Waals surface area contributed by atoms with Gasteiger partial charge in [-0.25, -0.2) is 24.3 Å². The Kier molecular flexibility index (Phi) is 4.97. The third-order valence-electron chi connectivity index (χ3n) is 0.277. The number of carbonyl (C=O) groups is 1. The Labute approximate surface area is 56.9 Å². The summed E-state index contributed by atoms with van der Waals surface area (Å²) in [7, 11) is 0. The van der Waals surface area contributed by atoms with Gasteiger partial charge in [0.1, 0.15) is 0 Å². The van der Waals surface area contributed by atoms with Crippen molar-refractivity contribution >= 4 is 31.9 Å². The van der Waals surface area contributed by atoms with Gasteiger partial charge in [0.25, 0.3) is 0 Å². The van der Waals surface area contributed by atoms with Crippen molar-refractivity contribution in [3.8, 4) is 0 Å². The average molecular weight is 156 g/mol. The Bertz CT molecular complexity index is 69.7. The van der Waals surface area contributed by atoms with E-state index in [-0.39, 0.29) is 0 Å². The maximum atomic E-state index is 10.1. The van der Waals surface area contributed by atoms with Crippen molar-refractivity contribution in [3.63, 3.8) is 0 Å². The minimum atomic E-state index is -0.685. The van der Waals surface area contributed by atoms with Gasteiger partial charge in [-0.05, 0) is 0 Å². The summed E-state index contributed by atoms with van der Waals surface area (Å²) in [6, 6.07) is -0.685. The van der Waals surface area contributed by atoms with Gasteiger partial charge in [0.2, 0.25) is 0 Å². The molecule has 0 aliphatic rings. The maximum Gasteiger partial charge on any atom is 0.364 e. The monoisotopic (exact) mass is 156 g/mol. The lowest BCUT2D eigenvalue weighted by Gasteiger charge is -1.97. The lowest BCUT2D eigenvalue weighted by atomic mass is 11.2. The molecule has 0 aromatic heterocycles. The SMILES string of the molecule is O=C(NOS)NOS. The first-order valence-electron chi connectivity index (χ1n) is 1.48. The topological polar surface area (TPSA) is 59.6 Å². The molecule has 0 aromatic rings. The number of hydroxylamine groups is 2. The molecular weight excluding hydrogens is 152 g/mol. The van der Waals surface area contributed by atoms with E-state index >= 15 is 0 Å². The van der Waals surface area contributed by atoms with Gasteiger partial charge < -0.3 is 0 Å². The molecule has 48 valence electrons. The standard InChI is InChI=1S/CH4N2O3S2/c4-1(2-5-7)3-6-8/h7-8H,(H2,2,3,4). The third kappa shape index (κ3) is 4.06. The second kappa shape index (κ2) is 5.04. The second-order valence-corrected chi connectivity index (χ2v) is 1.08. The second-order valence-electron chi connectivity index (χ2n) is 0.716. The van der Waals surface area contributed by atoms with Crippen molar-refractivity contribution in [2.75, 3.05) is 0 Å². The summed E-state index contributed by atoms with van der Waals surface area (Å²) in [5.41, 5.74) is 3.57. The van der Waals surface area contributed by atoms with Gasteiger partial charge in [0.05, 0.1) is 0 Å². The first-order chi connectivity index (χ1) is 3.81. The van der Waals surface area contributed by atoms with Crippen molar-refractivity contribution in [2.45, 2.75) is 0 Å². The van der Waals surface area contributed by atoms with E-state index < -0.39 is 6.03 Å². The molecular formula is CH4N2O3S2. The maximum absolute atomic E-state index is 10.1. The van der Waals surface area contributed by atoms with Crippen LogP contribution in [0.5, 0.6) is 0 Å². The summed E-state index contributed by atoms with van der Waals surface area (Å²) < 4.78 is 7.75. The first-order valence-corrected chi connectivity index (χ1v) is 2.21. The molecule has 5 nitrogen and oxygen atoms in total. The van der Waals surface area contributed by atoms with E-state index in [1.165, 1.54) is 0 Å². The lowest BCUT2D eigenvalue weighted by Crippen LogP contribution is -2.31. The predicted molar refractivity (Wildman–Crippen MR) is 31.8 cm³/mol. The van der Waals surface area contributed by atoms with Gasteiger partial charge in [0.15, 0.2) is 0 Å². The fourth-order valence-corrected chi connectivity index (χ4v) is 0.270. The fraction of sp³-hybridized carbons (Fsp3) is 0. The highest BCUT2D eigenvalue weighted by Crippen LogP contribution is 1.72. The molecule has 0 aromatic carbocycles. The van der Waals surface area contributed by atoms with Crippen LogP contribution in [0.3, 0.4) is 0 Å². The highest BCUT2D eigenvalue weighted by Gasteiger charge is 1.93. The van der Waals surface area contributed by atoms with Crippen LogP contribution in [0.15, 0.2) is 0 Å². The molecule has 2 amide bonds. The molecule has 0 fully saturated rings. The smallest absolute Gasteiger partial charge is 0.244 e. The molecule has 0 heterocycles. The third-order valence-corrected chi connectivity index (χ3v) is 0.459. The zero-order chi connectivity index (χ0) is 6.41. The summed E-state index contributed by atoms with van der Waals surface area (Å²) in [6.45, 7) is 0. The summed E-state index contributed by atoms with van der Waals surface area (Å²) in [6.07, 6.45) is 0. The van der Waals surface area contributed by atoms with E-state index in [1.54, 1.807) is 11.0 Å². The minimum absolute atomic E-state index is 0.685. The number of amides is 2. The van der Waals surface area contributed by atoms with E-state index in [0.29, 0.717) is 0 Å². The Hall–Kier alpha value is -0.110. The highest BCUT2D eigenvalue weighted by atomic mass is 32.1. The normalized spacial score (nSPS) is 8.25. The van der Waals surface area contributed by atoms with Gasteiger partial charge in [0, 0.05) is 25.8 Å². The lowest BCUT2D eigenvalue weighted by molar-refractivity contribution is 0.160. The van der Waals surface area contributed by atoms with Crippen molar-refractivity contribution in [2.24, 2.45) is 0 Å². The minimum Gasteiger partial charge on any atom is -0.244 e. The van der Waals surface area contributed by atoms with Crippen LogP contribution < -0.4 is 11.0 Å². The van der Waals surface area contributed by atoms with E-state index in [2.05, 4.69) is 34.4 Å². The molecule has 0 aliphatic heterocycles. The zero-order valence-electron chi connectivity index (χ0n) is 3.62. The molecule has 2 N–H and O–H groups in total. The molecule has 0 rings (SSSR count). The number of carbonyl (C=O) groups excluding carboxylic acids is 1. The van der Waals surface area contributed by atoms with Crippen molar-refractivity contribution in [3.05, 3.63) is 0 Å². The summed E-state index contributed by atoms with van der Waals surface area (Å²) in [5.74, 6) is 0. The van der Waals surface area contributed by atoms with Gasteiger partial charge in [-0.3, -0.25) is 0 Å². The molecule has 8 heavy (non-hydrogen) atoms. The number of hydrogen-bond donors (Lipinski definition) is 4. The van der Waals surface area contributed by atoms with Gasteiger partial charge in [-0.1, -0.05) is 0 Å². The molecule has 0 atom stereocenters. The molecule has 0 saturated heterocycles. The van der Waals surface area contributed by atoms with Crippen LogP contribution in [-0.2, 0) is 8.57 Å².